The predicted molar refractivity (Wildman–Crippen MR) is 108 cm³/mol. The molecule has 3 rings (SSSR count). The van der Waals surface area contributed by atoms with Crippen molar-refractivity contribution in [2.45, 2.75) is 18.8 Å². The molecule has 0 saturated heterocycles. The molecule has 1 heterocycles. The molecule has 2 amide bonds. The molecule has 2 N–H and O–H groups in total. The molecular formula is C21H22F3N3O4. The van der Waals surface area contributed by atoms with Gasteiger partial charge in [0.15, 0.2) is 6.61 Å². The molecule has 0 spiro atoms. The van der Waals surface area contributed by atoms with Crippen LogP contribution < -0.4 is 15.5 Å². The second kappa shape index (κ2) is 9.80. The number of nitrogens with zero attached hydrogens (tertiary/aromatic N) is 2. The fraction of sp³-hybridized carbons (Fsp3) is 0.333. The van der Waals surface area contributed by atoms with E-state index in [1.807, 2.05) is 30.3 Å². The van der Waals surface area contributed by atoms with E-state index in [2.05, 4.69) is 4.74 Å². The standard InChI is InChI=1S/C21H22F3N3O4/c22-21(23,24)14-31-20(29)27-12-16(25)19(28)26(17-8-4-5-9-18(17)27)10-11-30-13-15-6-2-1-3-7-15/h1-9,16H,10-14,25H2. The summed E-state index contributed by atoms with van der Waals surface area (Å²) in [5.74, 6) is -0.470. The normalized spacial score (nSPS) is 16.6. The number of ether oxygens (including phenoxy) is 2. The Labute approximate surface area is 177 Å². The molecule has 1 unspecified atom stereocenters. The van der Waals surface area contributed by atoms with Gasteiger partial charge in [0.05, 0.1) is 31.1 Å². The number of hydrogen-bond donors (Lipinski definition) is 1. The monoisotopic (exact) mass is 437 g/mol. The first kappa shape index (κ1) is 22.6. The highest BCUT2D eigenvalue weighted by Gasteiger charge is 2.36. The first-order chi connectivity index (χ1) is 14.8. The number of fused-ring (bicyclic) bond motifs is 1. The van der Waals surface area contributed by atoms with Crippen LogP contribution in [0.2, 0.25) is 0 Å². The van der Waals surface area contributed by atoms with E-state index in [9.17, 15) is 22.8 Å². The first-order valence-corrected chi connectivity index (χ1v) is 9.55. The number of anilines is 2. The smallest absolute Gasteiger partial charge is 0.422 e. The molecule has 1 aliphatic heterocycles. The summed E-state index contributed by atoms with van der Waals surface area (Å²) in [6.07, 6.45) is -5.89. The molecule has 2 aromatic rings. The van der Waals surface area contributed by atoms with Gasteiger partial charge in [0.1, 0.15) is 6.04 Å². The number of nitrogens with two attached hydrogens (primary N) is 1. The Morgan fingerprint density at radius 1 is 1.06 bits per heavy atom. The molecule has 10 heteroatoms. The number of alkyl halides is 3. The summed E-state index contributed by atoms with van der Waals surface area (Å²) in [5, 5.41) is 0. The van der Waals surface area contributed by atoms with Crippen molar-refractivity contribution in [1.29, 1.82) is 0 Å². The summed E-state index contributed by atoms with van der Waals surface area (Å²) in [7, 11) is 0. The Balaban J connectivity index is 1.74. The molecule has 31 heavy (non-hydrogen) atoms. The average molecular weight is 437 g/mol. The zero-order valence-electron chi connectivity index (χ0n) is 16.5. The lowest BCUT2D eigenvalue weighted by molar-refractivity contribution is -0.159. The molecule has 166 valence electrons. The zero-order valence-corrected chi connectivity index (χ0v) is 16.5. The van der Waals surface area contributed by atoms with Crippen LogP contribution in [-0.2, 0) is 20.9 Å². The molecule has 0 aliphatic carbocycles. The quantitative estimate of drug-likeness (QED) is 0.702. The highest BCUT2D eigenvalue weighted by atomic mass is 19.4. The van der Waals surface area contributed by atoms with Crippen LogP contribution in [0.4, 0.5) is 29.3 Å². The largest absolute Gasteiger partial charge is 0.439 e. The van der Waals surface area contributed by atoms with E-state index in [0.717, 1.165) is 10.5 Å². The van der Waals surface area contributed by atoms with Crippen LogP contribution in [0.5, 0.6) is 0 Å². The van der Waals surface area contributed by atoms with Crippen molar-refractivity contribution in [3.05, 3.63) is 60.2 Å². The predicted octanol–water partition coefficient (Wildman–Crippen LogP) is 3.08. The molecule has 7 nitrogen and oxygen atoms in total. The van der Waals surface area contributed by atoms with Gasteiger partial charge >= 0.3 is 12.3 Å². The van der Waals surface area contributed by atoms with Gasteiger partial charge < -0.3 is 20.1 Å². The van der Waals surface area contributed by atoms with Crippen LogP contribution in [0.25, 0.3) is 0 Å². The lowest BCUT2D eigenvalue weighted by atomic mass is 10.2. The van der Waals surface area contributed by atoms with Crippen molar-refractivity contribution in [1.82, 2.24) is 0 Å². The van der Waals surface area contributed by atoms with Gasteiger partial charge in [0.2, 0.25) is 5.91 Å². The van der Waals surface area contributed by atoms with Crippen molar-refractivity contribution in [3.63, 3.8) is 0 Å². The lowest BCUT2D eigenvalue weighted by Gasteiger charge is -2.25. The topological polar surface area (TPSA) is 85.1 Å². The fourth-order valence-electron chi connectivity index (χ4n) is 3.16. The number of benzene rings is 2. The number of carbonyl (C=O) groups excluding carboxylic acids is 2. The van der Waals surface area contributed by atoms with Gasteiger partial charge in [0, 0.05) is 6.54 Å². The van der Waals surface area contributed by atoms with E-state index in [-0.39, 0.29) is 25.4 Å². The minimum atomic E-state index is -4.67. The SMILES string of the molecule is NC1CN(C(=O)OCC(F)(F)F)c2ccccc2N(CCOCc2ccccc2)C1=O. The lowest BCUT2D eigenvalue weighted by Crippen LogP contribution is -2.49. The zero-order chi connectivity index (χ0) is 22.4. The van der Waals surface area contributed by atoms with Crippen LogP contribution in [0.3, 0.4) is 0 Å². The van der Waals surface area contributed by atoms with Gasteiger partial charge in [-0.3, -0.25) is 9.69 Å². The third-order valence-corrected chi connectivity index (χ3v) is 4.58. The third-order valence-electron chi connectivity index (χ3n) is 4.58. The van der Waals surface area contributed by atoms with E-state index in [4.69, 9.17) is 10.5 Å². The van der Waals surface area contributed by atoms with Crippen LogP contribution in [-0.4, -0.2) is 50.5 Å². The summed E-state index contributed by atoms with van der Waals surface area (Å²) in [6.45, 7) is -1.34. The van der Waals surface area contributed by atoms with Crippen molar-refractivity contribution < 1.29 is 32.2 Å². The molecule has 1 aliphatic rings. The summed E-state index contributed by atoms with van der Waals surface area (Å²) >= 11 is 0. The summed E-state index contributed by atoms with van der Waals surface area (Å²) < 4.78 is 47.4. The van der Waals surface area contributed by atoms with E-state index in [0.29, 0.717) is 12.3 Å². The maximum absolute atomic E-state index is 12.8. The van der Waals surface area contributed by atoms with Crippen LogP contribution >= 0.6 is 0 Å². The van der Waals surface area contributed by atoms with Crippen molar-refractivity contribution in [3.8, 4) is 0 Å². The molecular weight excluding hydrogens is 415 g/mol. The first-order valence-electron chi connectivity index (χ1n) is 9.55. The number of rotatable bonds is 6. The van der Waals surface area contributed by atoms with Gasteiger partial charge in [-0.15, -0.1) is 0 Å². The van der Waals surface area contributed by atoms with E-state index >= 15 is 0 Å². The van der Waals surface area contributed by atoms with Crippen molar-refractivity contribution >= 4 is 23.4 Å². The second-order valence-electron chi connectivity index (χ2n) is 6.90. The maximum atomic E-state index is 12.8. The van der Waals surface area contributed by atoms with Crippen LogP contribution in [0.15, 0.2) is 54.6 Å². The number of carbonyl (C=O) groups is 2. The number of halogens is 3. The Bertz CT molecular complexity index is 908. The Hall–Kier alpha value is -3.11. The molecule has 0 radical (unpaired) electrons. The Morgan fingerprint density at radius 3 is 2.39 bits per heavy atom. The van der Waals surface area contributed by atoms with Crippen molar-refractivity contribution in [2.24, 2.45) is 5.73 Å². The molecule has 0 aromatic heterocycles. The van der Waals surface area contributed by atoms with Gasteiger partial charge in [0.25, 0.3) is 0 Å². The fourth-order valence-corrected chi connectivity index (χ4v) is 3.16. The third kappa shape index (κ3) is 5.96. The number of amides is 2. The number of para-hydroxylation sites is 2. The highest BCUT2D eigenvalue weighted by molar-refractivity contribution is 6.05. The van der Waals surface area contributed by atoms with Gasteiger partial charge in [-0.1, -0.05) is 42.5 Å². The minimum absolute atomic E-state index is 0.155. The van der Waals surface area contributed by atoms with Crippen LogP contribution in [0, 0.1) is 0 Å². The average Bonchev–Trinajstić information content (AvgIpc) is 2.85. The summed E-state index contributed by atoms with van der Waals surface area (Å²) in [5.41, 5.74) is 7.50. The second-order valence-corrected chi connectivity index (χ2v) is 6.90. The van der Waals surface area contributed by atoms with E-state index in [1.165, 1.54) is 11.0 Å². The highest BCUT2D eigenvalue weighted by Crippen LogP contribution is 2.33. The summed E-state index contributed by atoms with van der Waals surface area (Å²) in [4.78, 5) is 27.5. The Morgan fingerprint density at radius 2 is 1.71 bits per heavy atom. The molecule has 0 bridgehead atoms. The van der Waals surface area contributed by atoms with Gasteiger partial charge in [-0.05, 0) is 17.7 Å². The van der Waals surface area contributed by atoms with Crippen molar-refractivity contribution in [2.75, 3.05) is 36.1 Å². The molecule has 0 saturated carbocycles. The Kier molecular flexibility index (Phi) is 7.13. The van der Waals surface area contributed by atoms with Gasteiger partial charge in [-0.25, -0.2) is 4.79 Å². The number of hydrogen-bond acceptors (Lipinski definition) is 5. The summed E-state index contributed by atoms with van der Waals surface area (Å²) in [6, 6.07) is 14.7. The van der Waals surface area contributed by atoms with E-state index < -0.39 is 30.8 Å². The molecule has 2 aromatic carbocycles. The molecule has 1 atom stereocenters. The maximum Gasteiger partial charge on any atom is 0.422 e. The van der Waals surface area contributed by atoms with Crippen LogP contribution in [0.1, 0.15) is 5.56 Å². The van der Waals surface area contributed by atoms with E-state index in [1.54, 1.807) is 18.2 Å². The minimum Gasteiger partial charge on any atom is -0.439 e. The molecule has 0 fully saturated rings. The van der Waals surface area contributed by atoms with Gasteiger partial charge in [-0.2, -0.15) is 13.2 Å².